The highest BCUT2D eigenvalue weighted by molar-refractivity contribution is 5.76. The summed E-state index contributed by atoms with van der Waals surface area (Å²) in [6.07, 6.45) is 9.29. The summed E-state index contributed by atoms with van der Waals surface area (Å²) in [5, 5.41) is 14.8. The first-order valence-corrected chi connectivity index (χ1v) is 7.48. The van der Waals surface area contributed by atoms with Crippen LogP contribution in [0.25, 0.3) is 0 Å². The minimum atomic E-state index is -0.371. The van der Waals surface area contributed by atoms with Gasteiger partial charge >= 0.3 is 0 Å². The van der Waals surface area contributed by atoms with Gasteiger partial charge in [-0.1, -0.05) is 0 Å². The van der Waals surface area contributed by atoms with E-state index in [-0.39, 0.29) is 11.6 Å². The Bertz CT molecular complexity index is 575. The van der Waals surface area contributed by atoms with E-state index in [0.717, 1.165) is 25.5 Å². The highest BCUT2D eigenvalue weighted by Gasteiger charge is 2.39. The van der Waals surface area contributed by atoms with E-state index < -0.39 is 0 Å². The Balaban J connectivity index is 1.42. The number of H-pyrrole nitrogens is 1. The van der Waals surface area contributed by atoms with Gasteiger partial charge in [-0.15, -0.1) is 12.3 Å². The van der Waals surface area contributed by atoms with E-state index in [1.807, 2.05) is 4.90 Å². The summed E-state index contributed by atoms with van der Waals surface area (Å²) in [5.74, 6) is 3.52. The summed E-state index contributed by atoms with van der Waals surface area (Å²) in [6.45, 7) is 2.92. The van der Waals surface area contributed by atoms with Gasteiger partial charge in [0.1, 0.15) is 6.33 Å². The molecule has 0 unspecified atom stereocenters. The largest absolute Gasteiger partial charge is 0.339 e. The standard InChI is InChI=1S/C14H19N7O/c1-2-3-5-14(18-19-14)6-4-12(22)20-7-9-21(10-8-20)13-15-11-16-17-13/h1,11H,3-10H2,(H,15,16,17). The Kier molecular flexibility index (Phi) is 4.04. The number of terminal acetylenes is 1. The number of hydrogen-bond donors (Lipinski definition) is 1. The van der Waals surface area contributed by atoms with Crippen molar-refractivity contribution in [3.8, 4) is 12.3 Å². The van der Waals surface area contributed by atoms with Gasteiger partial charge in [-0.25, -0.2) is 5.10 Å². The predicted octanol–water partition coefficient (Wildman–Crippen LogP) is 0.809. The molecule has 0 aliphatic carbocycles. The molecular formula is C14H19N7O. The van der Waals surface area contributed by atoms with Crippen LogP contribution in [0.1, 0.15) is 25.7 Å². The summed E-state index contributed by atoms with van der Waals surface area (Å²) >= 11 is 0. The predicted molar refractivity (Wildman–Crippen MR) is 80.1 cm³/mol. The first kappa shape index (κ1) is 14.5. The normalized spacial score (nSPS) is 19.0. The SMILES string of the molecule is C#CCCC1(CCC(=O)N2CCN(c3ncn[nH]3)CC2)N=N1. The minimum Gasteiger partial charge on any atom is -0.339 e. The molecule has 1 fully saturated rings. The van der Waals surface area contributed by atoms with Gasteiger partial charge in [0.25, 0.3) is 0 Å². The minimum absolute atomic E-state index is 0.162. The van der Waals surface area contributed by atoms with E-state index in [2.05, 4.69) is 36.2 Å². The molecule has 3 rings (SSSR count). The van der Waals surface area contributed by atoms with Gasteiger partial charge in [-0.05, 0) is 0 Å². The molecule has 0 bridgehead atoms. The van der Waals surface area contributed by atoms with Crippen molar-refractivity contribution in [1.82, 2.24) is 20.1 Å². The van der Waals surface area contributed by atoms with Gasteiger partial charge < -0.3 is 9.80 Å². The molecule has 0 aromatic carbocycles. The van der Waals surface area contributed by atoms with Gasteiger partial charge in [-0.3, -0.25) is 4.79 Å². The fourth-order valence-electron chi connectivity index (χ4n) is 2.65. The maximum Gasteiger partial charge on any atom is 0.222 e. The first-order valence-electron chi connectivity index (χ1n) is 7.48. The van der Waals surface area contributed by atoms with Crippen molar-refractivity contribution in [2.75, 3.05) is 31.1 Å². The molecule has 8 nitrogen and oxygen atoms in total. The van der Waals surface area contributed by atoms with E-state index in [1.54, 1.807) is 0 Å². The monoisotopic (exact) mass is 301 g/mol. The Hall–Kier alpha value is -2.43. The zero-order chi connectivity index (χ0) is 15.4. The Morgan fingerprint density at radius 3 is 2.68 bits per heavy atom. The third-order valence-corrected chi connectivity index (χ3v) is 4.13. The van der Waals surface area contributed by atoms with Crippen LogP contribution in [-0.2, 0) is 4.79 Å². The molecule has 1 N–H and O–H groups in total. The number of aromatic nitrogens is 3. The number of nitrogens with zero attached hydrogens (tertiary/aromatic N) is 6. The zero-order valence-electron chi connectivity index (χ0n) is 12.4. The number of carbonyl (C=O) groups excluding carboxylic acids is 1. The third-order valence-electron chi connectivity index (χ3n) is 4.13. The van der Waals surface area contributed by atoms with Crippen molar-refractivity contribution in [3.63, 3.8) is 0 Å². The number of piperazine rings is 1. The van der Waals surface area contributed by atoms with E-state index in [9.17, 15) is 4.79 Å². The van der Waals surface area contributed by atoms with Crippen molar-refractivity contribution in [3.05, 3.63) is 6.33 Å². The number of carbonyl (C=O) groups is 1. The van der Waals surface area contributed by atoms with E-state index in [4.69, 9.17) is 6.42 Å². The maximum absolute atomic E-state index is 12.3. The second-order valence-corrected chi connectivity index (χ2v) is 5.56. The molecule has 1 saturated heterocycles. The first-order chi connectivity index (χ1) is 10.7. The number of nitrogens with one attached hydrogen (secondary N) is 1. The fourth-order valence-corrected chi connectivity index (χ4v) is 2.65. The van der Waals surface area contributed by atoms with Gasteiger partial charge in [-0.2, -0.15) is 20.3 Å². The second-order valence-electron chi connectivity index (χ2n) is 5.56. The van der Waals surface area contributed by atoms with E-state index in [1.165, 1.54) is 6.33 Å². The van der Waals surface area contributed by atoms with E-state index in [0.29, 0.717) is 32.4 Å². The quantitative estimate of drug-likeness (QED) is 0.787. The number of aromatic amines is 1. The maximum atomic E-state index is 12.3. The van der Waals surface area contributed by atoms with Crippen molar-refractivity contribution >= 4 is 11.9 Å². The van der Waals surface area contributed by atoms with Gasteiger partial charge in [0, 0.05) is 51.9 Å². The van der Waals surface area contributed by atoms with Crippen LogP contribution in [0.2, 0.25) is 0 Å². The molecule has 22 heavy (non-hydrogen) atoms. The lowest BCUT2D eigenvalue weighted by Crippen LogP contribution is -2.49. The summed E-state index contributed by atoms with van der Waals surface area (Å²) in [6, 6.07) is 0. The molecular weight excluding hydrogens is 282 g/mol. The molecule has 1 aromatic heterocycles. The van der Waals surface area contributed by atoms with Crippen molar-refractivity contribution < 1.29 is 4.79 Å². The fraction of sp³-hybridized carbons (Fsp3) is 0.643. The average molecular weight is 301 g/mol. The molecule has 8 heteroatoms. The Labute approximate surface area is 129 Å². The number of hydrogen-bond acceptors (Lipinski definition) is 6. The number of amides is 1. The van der Waals surface area contributed by atoms with Gasteiger partial charge in [0.15, 0.2) is 5.66 Å². The van der Waals surface area contributed by atoms with Crippen LogP contribution in [0.15, 0.2) is 16.6 Å². The highest BCUT2D eigenvalue weighted by atomic mass is 16.2. The lowest BCUT2D eigenvalue weighted by Gasteiger charge is -2.34. The molecule has 1 amide bonds. The molecule has 2 aliphatic rings. The van der Waals surface area contributed by atoms with Crippen LogP contribution in [0.4, 0.5) is 5.95 Å². The molecule has 0 atom stereocenters. The molecule has 0 radical (unpaired) electrons. The summed E-state index contributed by atoms with van der Waals surface area (Å²) in [4.78, 5) is 20.4. The van der Waals surface area contributed by atoms with Crippen LogP contribution in [0.3, 0.4) is 0 Å². The topological polar surface area (TPSA) is 89.8 Å². The lowest BCUT2D eigenvalue weighted by atomic mass is 10.0. The number of rotatable bonds is 6. The van der Waals surface area contributed by atoms with Crippen LogP contribution < -0.4 is 4.90 Å². The van der Waals surface area contributed by atoms with Crippen molar-refractivity contribution in [2.24, 2.45) is 10.2 Å². The van der Waals surface area contributed by atoms with Gasteiger partial charge in [0.2, 0.25) is 11.9 Å². The summed E-state index contributed by atoms with van der Waals surface area (Å²) < 4.78 is 0. The van der Waals surface area contributed by atoms with Gasteiger partial charge in [0.05, 0.1) is 0 Å². The highest BCUT2D eigenvalue weighted by Crippen LogP contribution is 2.37. The number of anilines is 1. The Morgan fingerprint density at radius 2 is 2.09 bits per heavy atom. The van der Waals surface area contributed by atoms with E-state index >= 15 is 0 Å². The summed E-state index contributed by atoms with van der Waals surface area (Å²) in [7, 11) is 0. The van der Waals surface area contributed by atoms with Crippen LogP contribution in [0.5, 0.6) is 0 Å². The molecule has 1 aromatic rings. The molecule has 116 valence electrons. The smallest absolute Gasteiger partial charge is 0.222 e. The lowest BCUT2D eigenvalue weighted by molar-refractivity contribution is -0.131. The van der Waals surface area contributed by atoms with Crippen LogP contribution in [0, 0.1) is 12.3 Å². The summed E-state index contributed by atoms with van der Waals surface area (Å²) in [5.41, 5.74) is -0.371. The van der Waals surface area contributed by atoms with Crippen LogP contribution >= 0.6 is 0 Å². The second kappa shape index (κ2) is 6.13. The average Bonchev–Trinajstić information content (AvgIpc) is 3.11. The van der Waals surface area contributed by atoms with Crippen LogP contribution in [-0.4, -0.2) is 57.8 Å². The zero-order valence-corrected chi connectivity index (χ0v) is 12.4. The van der Waals surface area contributed by atoms with Crippen molar-refractivity contribution in [1.29, 1.82) is 0 Å². The molecule has 3 heterocycles. The van der Waals surface area contributed by atoms with Crippen molar-refractivity contribution in [2.45, 2.75) is 31.3 Å². The third kappa shape index (κ3) is 3.24. The molecule has 0 saturated carbocycles. The molecule has 2 aliphatic heterocycles. The Morgan fingerprint density at radius 1 is 1.32 bits per heavy atom. The molecule has 0 spiro atoms.